The van der Waals surface area contributed by atoms with Gasteiger partial charge in [0.2, 0.25) is 0 Å². The first kappa shape index (κ1) is 11.6. The van der Waals surface area contributed by atoms with E-state index in [-0.39, 0.29) is 11.8 Å². The second kappa shape index (κ2) is 4.31. The molecule has 0 aliphatic carbocycles. The Morgan fingerprint density at radius 3 is 2.63 bits per heavy atom. The molecule has 2 aromatic rings. The van der Waals surface area contributed by atoms with Crippen molar-refractivity contribution < 1.29 is 9.59 Å². The fourth-order valence-electron chi connectivity index (χ4n) is 2.27. The van der Waals surface area contributed by atoms with Gasteiger partial charge in [-0.25, -0.2) is 0 Å². The zero-order chi connectivity index (χ0) is 13.4. The fourth-order valence-corrected chi connectivity index (χ4v) is 2.27. The number of benzene rings is 1. The van der Waals surface area contributed by atoms with E-state index in [4.69, 9.17) is 0 Å². The number of rotatable bonds is 2. The molecule has 0 radical (unpaired) electrons. The van der Waals surface area contributed by atoms with Crippen LogP contribution in [0.5, 0.6) is 0 Å². The van der Waals surface area contributed by atoms with Crippen LogP contribution in [0.1, 0.15) is 31.8 Å². The summed E-state index contributed by atoms with van der Waals surface area (Å²) in [5, 5.41) is 0. The van der Waals surface area contributed by atoms with Crippen LogP contribution in [0.25, 0.3) is 0 Å². The van der Waals surface area contributed by atoms with Crippen molar-refractivity contribution in [3.8, 4) is 0 Å². The van der Waals surface area contributed by atoms with Gasteiger partial charge in [0.25, 0.3) is 11.8 Å². The summed E-state index contributed by atoms with van der Waals surface area (Å²) in [7, 11) is 0. The Labute approximate surface area is 110 Å². The second-order valence-corrected chi connectivity index (χ2v) is 4.61. The molecule has 1 aromatic carbocycles. The molecule has 4 nitrogen and oxygen atoms in total. The van der Waals surface area contributed by atoms with Crippen molar-refractivity contribution in [1.29, 1.82) is 0 Å². The number of nitrogens with zero attached hydrogens (tertiary/aromatic N) is 2. The van der Waals surface area contributed by atoms with Crippen LogP contribution in [0, 0.1) is 6.92 Å². The lowest BCUT2D eigenvalue weighted by atomic mass is 10.1. The van der Waals surface area contributed by atoms with Gasteiger partial charge in [-0.3, -0.25) is 19.5 Å². The average molecular weight is 252 g/mol. The lowest BCUT2D eigenvalue weighted by Gasteiger charge is -2.14. The molecule has 0 saturated heterocycles. The van der Waals surface area contributed by atoms with Crippen molar-refractivity contribution in [1.82, 2.24) is 9.88 Å². The van der Waals surface area contributed by atoms with Crippen molar-refractivity contribution >= 4 is 11.8 Å². The van der Waals surface area contributed by atoms with Crippen molar-refractivity contribution in [3.63, 3.8) is 0 Å². The number of carbonyl (C=O) groups excluding carboxylic acids is 2. The average Bonchev–Trinajstić information content (AvgIpc) is 2.65. The third-order valence-corrected chi connectivity index (χ3v) is 3.20. The molecule has 94 valence electrons. The van der Waals surface area contributed by atoms with Gasteiger partial charge in [0, 0.05) is 12.4 Å². The van der Waals surface area contributed by atoms with Crippen LogP contribution in [0.4, 0.5) is 0 Å². The number of hydrogen-bond donors (Lipinski definition) is 0. The Hall–Kier alpha value is -2.49. The molecule has 0 unspecified atom stereocenters. The molecule has 4 heteroatoms. The van der Waals surface area contributed by atoms with Gasteiger partial charge in [-0.1, -0.05) is 29.8 Å². The number of imide groups is 1. The summed E-state index contributed by atoms with van der Waals surface area (Å²) in [4.78, 5) is 29.5. The molecule has 1 aliphatic heterocycles. The first-order chi connectivity index (χ1) is 9.16. The molecule has 0 fully saturated rings. The monoisotopic (exact) mass is 252 g/mol. The van der Waals surface area contributed by atoms with Crippen LogP contribution < -0.4 is 0 Å². The van der Waals surface area contributed by atoms with Gasteiger partial charge >= 0.3 is 0 Å². The molecule has 2 amide bonds. The van der Waals surface area contributed by atoms with Crippen molar-refractivity contribution in [3.05, 3.63) is 65.0 Å². The van der Waals surface area contributed by atoms with E-state index in [0.29, 0.717) is 17.7 Å². The number of hydrogen-bond acceptors (Lipinski definition) is 3. The third-order valence-electron chi connectivity index (χ3n) is 3.20. The van der Waals surface area contributed by atoms with Crippen molar-refractivity contribution in [2.24, 2.45) is 0 Å². The standard InChI is InChI=1S/C15H12N2O2/c1-10-3-2-4-11(7-10)9-17-14(18)12-5-6-16-8-13(12)15(17)19/h2-8H,9H2,1H3. The van der Waals surface area contributed by atoms with Gasteiger partial charge in [-0.15, -0.1) is 0 Å². The third kappa shape index (κ3) is 1.91. The maximum Gasteiger partial charge on any atom is 0.263 e. The Morgan fingerprint density at radius 1 is 1.11 bits per heavy atom. The fraction of sp³-hybridized carbons (Fsp3) is 0.133. The van der Waals surface area contributed by atoms with Gasteiger partial charge < -0.3 is 0 Å². The summed E-state index contributed by atoms with van der Waals surface area (Å²) >= 11 is 0. The SMILES string of the molecule is Cc1cccc(CN2C(=O)c3ccncc3C2=O)c1. The minimum absolute atomic E-state index is 0.246. The molecule has 0 spiro atoms. The molecule has 3 rings (SSSR count). The minimum Gasteiger partial charge on any atom is -0.270 e. The van der Waals surface area contributed by atoms with Crippen LogP contribution in [-0.4, -0.2) is 21.7 Å². The normalized spacial score (nSPS) is 13.8. The summed E-state index contributed by atoms with van der Waals surface area (Å²) < 4.78 is 0. The number of pyridine rings is 1. The predicted molar refractivity (Wildman–Crippen MR) is 69.6 cm³/mol. The van der Waals surface area contributed by atoms with Gasteiger partial charge in [-0.05, 0) is 18.6 Å². The van der Waals surface area contributed by atoms with E-state index in [9.17, 15) is 9.59 Å². The summed E-state index contributed by atoms with van der Waals surface area (Å²) in [6, 6.07) is 9.38. The molecule has 0 bridgehead atoms. The van der Waals surface area contributed by atoms with Crippen molar-refractivity contribution in [2.45, 2.75) is 13.5 Å². The lowest BCUT2D eigenvalue weighted by molar-refractivity contribution is 0.0642. The quantitative estimate of drug-likeness (QED) is 0.770. The Bertz CT molecular complexity index is 644. The first-order valence-electron chi connectivity index (χ1n) is 6.02. The second-order valence-electron chi connectivity index (χ2n) is 4.61. The summed E-state index contributed by atoms with van der Waals surface area (Å²) in [6.07, 6.45) is 2.98. The van der Waals surface area contributed by atoms with Gasteiger partial charge in [0.1, 0.15) is 0 Å². The zero-order valence-corrected chi connectivity index (χ0v) is 10.5. The molecular weight excluding hydrogens is 240 g/mol. The molecule has 2 heterocycles. The molecule has 0 saturated carbocycles. The van der Waals surface area contributed by atoms with E-state index in [1.54, 1.807) is 6.07 Å². The smallest absolute Gasteiger partial charge is 0.263 e. The first-order valence-corrected chi connectivity index (χ1v) is 6.02. The van der Waals surface area contributed by atoms with Crippen molar-refractivity contribution in [2.75, 3.05) is 0 Å². The summed E-state index contributed by atoms with van der Waals surface area (Å²) in [5.74, 6) is -0.515. The van der Waals surface area contributed by atoms with Gasteiger partial charge in [0.05, 0.1) is 17.7 Å². The topological polar surface area (TPSA) is 50.3 Å². The number of aryl methyl sites for hydroxylation is 1. The number of fused-ring (bicyclic) bond motifs is 1. The van der Waals surface area contributed by atoms with E-state index in [2.05, 4.69) is 4.98 Å². The van der Waals surface area contributed by atoms with Crippen LogP contribution >= 0.6 is 0 Å². The van der Waals surface area contributed by atoms with Gasteiger partial charge in [-0.2, -0.15) is 0 Å². The molecule has 19 heavy (non-hydrogen) atoms. The largest absolute Gasteiger partial charge is 0.270 e. The van der Waals surface area contributed by atoms with E-state index < -0.39 is 0 Å². The lowest BCUT2D eigenvalue weighted by Crippen LogP contribution is -2.29. The van der Waals surface area contributed by atoms with E-state index in [1.807, 2.05) is 31.2 Å². The van der Waals surface area contributed by atoms with E-state index in [1.165, 1.54) is 17.3 Å². The van der Waals surface area contributed by atoms with E-state index in [0.717, 1.165) is 11.1 Å². The Balaban J connectivity index is 1.92. The highest BCUT2D eigenvalue weighted by molar-refractivity contribution is 6.21. The van der Waals surface area contributed by atoms with E-state index >= 15 is 0 Å². The number of aromatic nitrogens is 1. The van der Waals surface area contributed by atoms with Crippen LogP contribution in [0.15, 0.2) is 42.7 Å². The van der Waals surface area contributed by atoms with Crippen LogP contribution in [-0.2, 0) is 6.54 Å². The minimum atomic E-state index is -0.269. The van der Waals surface area contributed by atoms with Crippen LogP contribution in [0.3, 0.4) is 0 Å². The molecule has 0 atom stereocenters. The summed E-state index contributed by atoms with van der Waals surface area (Å²) in [5.41, 5.74) is 2.88. The van der Waals surface area contributed by atoms with Gasteiger partial charge in [0.15, 0.2) is 0 Å². The maximum absolute atomic E-state index is 12.2. The molecule has 1 aromatic heterocycles. The van der Waals surface area contributed by atoms with Crippen LogP contribution in [0.2, 0.25) is 0 Å². The highest BCUT2D eigenvalue weighted by Gasteiger charge is 2.35. The predicted octanol–water partition coefficient (Wildman–Crippen LogP) is 2.19. The maximum atomic E-state index is 12.2. The number of carbonyl (C=O) groups is 2. The Morgan fingerprint density at radius 2 is 1.89 bits per heavy atom. The molecule has 0 N–H and O–H groups in total. The molecule has 1 aliphatic rings. The number of amides is 2. The Kier molecular flexibility index (Phi) is 2.63. The molecular formula is C15H12N2O2. The highest BCUT2D eigenvalue weighted by Crippen LogP contribution is 2.23. The zero-order valence-electron chi connectivity index (χ0n) is 10.5. The highest BCUT2D eigenvalue weighted by atomic mass is 16.2. The summed E-state index contributed by atoms with van der Waals surface area (Å²) in [6.45, 7) is 2.28.